The van der Waals surface area contributed by atoms with Gasteiger partial charge in [-0.2, -0.15) is 0 Å². The SMILES string of the molecule is CCOC(=O)C1=C(C)NC2=CC(C)(C)CC(=O)C2C1c1cccc(O)c1. The van der Waals surface area contributed by atoms with Crippen LogP contribution >= 0.6 is 0 Å². The maximum absolute atomic E-state index is 13.0. The van der Waals surface area contributed by atoms with Crippen molar-refractivity contribution in [2.45, 2.75) is 40.0 Å². The molecule has 0 radical (unpaired) electrons. The van der Waals surface area contributed by atoms with Crippen LogP contribution in [0.2, 0.25) is 0 Å². The lowest BCUT2D eigenvalue weighted by atomic mass is 9.66. The number of hydrogen-bond acceptors (Lipinski definition) is 5. The van der Waals surface area contributed by atoms with Crippen molar-refractivity contribution in [1.29, 1.82) is 0 Å². The van der Waals surface area contributed by atoms with Crippen molar-refractivity contribution >= 4 is 11.8 Å². The average Bonchev–Trinajstić information content (AvgIpc) is 2.52. The van der Waals surface area contributed by atoms with Gasteiger partial charge >= 0.3 is 5.97 Å². The monoisotopic (exact) mass is 355 g/mol. The van der Waals surface area contributed by atoms with Crippen molar-refractivity contribution in [3.63, 3.8) is 0 Å². The third-order valence-electron chi connectivity index (χ3n) is 4.96. The van der Waals surface area contributed by atoms with Gasteiger partial charge in [0.25, 0.3) is 0 Å². The molecule has 1 aliphatic heterocycles. The number of phenols is 1. The maximum atomic E-state index is 13.0. The Kier molecular flexibility index (Phi) is 4.65. The first-order valence-corrected chi connectivity index (χ1v) is 8.93. The quantitative estimate of drug-likeness (QED) is 0.813. The number of aromatic hydroxyl groups is 1. The molecule has 0 saturated carbocycles. The van der Waals surface area contributed by atoms with E-state index in [2.05, 4.69) is 11.4 Å². The van der Waals surface area contributed by atoms with Gasteiger partial charge in [0.05, 0.1) is 18.1 Å². The van der Waals surface area contributed by atoms with E-state index in [4.69, 9.17) is 4.74 Å². The molecule has 26 heavy (non-hydrogen) atoms. The summed E-state index contributed by atoms with van der Waals surface area (Å²) in [5.74, 6) is -1.19. The average molecular weight is 355 g/mol. The fourth-order valence-corrected chi connectivity index (χ4v) is 4.02. The van der Waals surface area contributed by atoms with Gasteiger partial charge in [0.1, 0.15) is 11.5 Å². The lowest BCUT2D eigenvalue weighted by Gasteiger charge is -2.41. The molecule has 0 aromatic heterocycles. The zero-order valence-electron chi connectivity index (χ0n) is 15.6. The van der Waals surface area contributed by atoms with Crippen LogP contribution < -0.4 is 5.32 Å². The van der Waals surface area contributed by atoms with Crippen molar-refractivity contribution < 1.29 is 19.4 Å². The summed E-state index contributed by atoms with van der Waals surface area (Å²) in [6, 6.07) is 6.76. The van der Waals surface area contributed by atoms with E-state index in [-0.39, 0.29) is 23.6 Å². The summed E-state index contributed by atoms with van der Waals surface area (Å²) >= 11 is 0. The molecule has 1 aliphatic carbocycles. The predicted molar refractivity (Wildman–Crippen MR) is 98.3 cm³/mol. The molecule has 5 heteroatoms. The van der Waals surface area contributed by atoms with Gasteiger partial charge in [-0.3, -0.25) is 4.79 Å². The minimum absolute atomic E-state index is 0.0858. The Labute approximate surface area is 153 Å². The highest BCUT2D eigenvalue weighted by Gasteiger charge is 2.46. The van der Waals surface area contributed by atoms with Gasteiger partial charge in [0, 0.05) is 23.7 Å². The third kappa shape index (κ3) is 3.26. The van der Waals surface area contributed by atoms with Crippen LogP contribution in [0.3, 0.4) is 0 Å². The second-order valence-electron chi connectivity index (χ2n) is 7.67. The fourth-order valence-electron chi connectivity index (χ4n) is 4.02. The van der Waals surface area contributed by atoms with E-state index in [9.17, 15) is 14.7 Å². The van der Waals surface area contributed by atoms with Crippen molar-refractivity contribution in [3.8, 4) is 5.75 Å². The lowest BCUT2D eigenvalue weighted by Crippen LogP contribution is -2.43. The number of phenolic OH excluding ortho intramolecular Hbond substituents is 1. The van der Waals surface area contributed by atoms with Crippen molar-refractivity contribution in [2.24, 2.45) is 11.3 Å². The van der Waals surface area contributed by atoms with Crippen molar-refractivity contribution in [1.82, 2.24) is 5.32 Å². The molecule has 0 saturated heterocycles. The van der Waals surface area contributed by atoms with Crippen LogP contribution in [0.15, 0.2) is 47.3 Å². The van der Waals surface area contributed by atoms with Crippen LogP contribution in [0.4, 0.5) is 0 Å². The number of fused-ring (bicyclic) bond motifs is 1. The molecule has 0 fully saturated rings. The highest BCUT2D eigenvalue weighted by Crippen LogP contribution is 2.47. The number of rotatable bonds is 3. The standard InChI is InChI=1S/C21H25NO4/c1-5-26-20(25)17-12(2)22-15-10-21(3,4)11-16(24)19(15)18(17)13-7-6-8-14(23)9-13/h6-10,18-19,22-23H,5,11H2,1-4H3. The molecular formula is C21H25NO4. The van der Waals surface area contributed by atoms with E-state index in [1.807, 2.05) is 26.8 Å². The zero-order chi connectivity index (χ0) is 19.1. The van der Waals surface area contributed by atoms with Crippen LogP contribution in [0.1, 0.15) is 45.6 Å². The Balaban J connectivity index is 2.20. The molecule has 5 nitrogen and oxygen atoms in total. The first-order chi connectivity index (χ1) is 12.2. The number of carbonyl (C=O) groups is 2. The van der Waals surface area contributed by atoms with Crippen LogP contribution in [-0.4, -0.2) is 23.5 Å². The molecule has 0 bridgehead atoms. The van der Waals surface area contributed by atoms with E-state index < -0.39 is 17.8 Å². The summed E-state index contributed by atoms with van der Waals surface area (Å²) in [5.41, 5.74) is 2.46. The molecule has 1 aromatic carbocycles. The number of Topliss-reactive ketones (excluding diaryl/α,β-unsaturated/α-hetero) is 1. The van der Waals surface area contributed by atoms with E-state index in [0.29, 0.717) is 17.7 Å². The molecule has 1 heterocycles. The van der Waals surface area contributed by atoms with E-state index in [1.54, 1.807) is 25.1 Å². The van der Waals surface area contributed by atoms with Crippen molar-refractivity contribution in [3.05, 3.63) is 52.9 Å². The molecule has 1 aromatic rings. The van der Waals surface area contributed by atoms with Gasteiger partial charge in [-0.1, -0.05) is 32.1 Å². The third-order valence-corrected chi connectivity index (χ3v) is 4.96. The minimum Gasteiger partial charge on any atom is -0.508 e. The number of ketones is 1. The van der Waals surface area contributed by atoms with Gasteiger partial charge < -0.3 is 15.2 Å². The first-order valence-electron chi connectivity index (χ1n) is 8.93. The number of hydrogen-bond donors (Lipinski definition) is 2. The Morgan fingerprint density at radius 3 is 2.73 bits per heavy atom. The highest BCUT2D eigenvalue weighted by atomic mass is 16.5. The highest BCUT2D eigenvalue weighted by molar-refractivity contribution is 5.96. The summed E-state index contributed by atoms with van der Waals surface area (Å²) < 4.78 is 5.26. The van der Waals surface area contributed by atoms with Crippen LogP contribution in [-0.2, 0) is 14.3 Å². The van der Waals surface area contributed by atoms with E-state index >= 15 is 0 Å². The predicted octanol–water partition coefficient (Wildman–Crippen LogP) is 3.42. The topological polar surface area (TPSA) is 75.6 Å². The molecule has 2 N–H and O–H groups in total. The van der Waals surface area contributed by atoms with Gasteiger partial charge in [0.15, 0.2) is 0 Å². The Morgan fingerprint density at radius 1 is 1.35 bits per heavy atom. The van der Waals surface area contributed by atoms with Gasteiger partial charge in [-0.15, -0.1) is 0 Å². The summed E-state index contributed by atoms with van der Waals surface area (Å²) in [7, 11) is 0. The van der Waals surface area contributed by atoms with Crippen molar-refractivity contribution in [2.75, 3.05) is 6.61 Å². The summed E-state index contributed by atoms with van der Waals surface area (Å²) in [6.07, 6.45) is 2.49. The normalized spacial score (nSPS) is 24.5. The second kappa shape index (κ2) is 6.63. The fraction of sp³-hybridized carbons (Fsp3) is 0.429. The first kappa shape index (κ1) is 18.2. The lowest BCUT2D eigenvalue weighted by molar-refractivity contribution is -0.139. The molecule has 138 valence electrons. The zero-order valence-corrected chi connectivity index (χ0v) is 15.6. The number of nitrogens with one attached hydrogen (secondary N) is 1. The Bertz CT molecular complexity index is 819. The second-order valence-corrected chi connectivity index (χ2v) is 7.67. The van der Waals surface area contributed by atoms with E-state index in [0.717, 1.165) is 11.3 Å². The number of esters is 1. The molecule has 2 unspecified atom stereocenters. The van der Waals surface area contributed by atoms with Gasteiger partial charge in [0.2, 0.25) is 0 Å². The summed E-state index contributed by atoms with van der Waals surface area (Å²) in [5, 5.41) is 13.2. The summed E-state index contributed by atoms with van der Waals surface area (Å²) in [6.45, 7) is 7.90. The Morgan fingerprint density at radius 2 is 2.08 bits per heavy atom. The number of carbonyl (C=O) groups excluding carboxylic acids is 2. The van der Waals surface area contributed by atoms with Crippen LogP contribution in [0, 0.1) is 11.3 Å². The smallest absolute Gasteiger partial charge is 0.336 e. The minimum atomic E-state index is -0.479. The number of ether oxygens (including phenoxy) is 1. The Hall–Kier alpha value is -2.56. The van der Waals surface area contributed by atoms with E-state index in [1.165, 1.54) is 0 Å². The molecule has 2 aliphatic rings. The molecule has 3 rings (SSSR count). The van der Waals surface area contributed by atoms with Crippen LogP contribution in [0.5, 0.6) is 5.75 Å². The summed E-state index contributed by atoms with van der Waals surface area (Å²) in [4.78, 5) is 25.7. The molecule has 0 spiro atoms. The molecule has 0 amide bonds. The van der Waals surface area contributed by atoms with Gasteiger partial charge in [-0.05, 0) is 37.0 Å². The number of allylic oxidation sites excluding steroid dienone is 3. The largest absolute Gasteiger partial charge is 0.508 e. The van der Waals surface area contributed by atoms with Gasteiger partial charge in [-0.25, -0.2) is 4.79 Å². The molecular weight excluding hydrogens is 330 g/mol. The van der Waals surface area contributed by atoms with Crippen LogP contribution in [0.25, 0.3) is 0 Å². The maximum Gasteiger partial charge on any atom is 0.336 e. The molecule has 2 atom stereocenters. The number of benzene rings is 1.